The summed E-state index contributed by atoms with van der Waals surface area (Å²) in [5, 5.41) is 2.65. The molecule has 0 aliphatic carbocycles. The number of amides is 3. The monoisotopic (exact) mass is 296 g/mol. The summed E-state index contributed by atoms with van der Waals surface area (Å²) in [7, 11) is 1.69. The summed E-state index contributed by atoms with van der Waals surface area (Å²) in [5.41, 5.74) is 0. The number of likely N-dealkylation sites (N-methyl/N-ethyl adjacent to an activating group) is 1. The van der Waals surface area contributed by atoms with Gasteiger partial charge in [0.15, 0.2) is 0 Å². The third kappa shape index (κ3) is 3.45. The number of imide groups is 1. The van der Waals surface area contributed by atoms with Crippen molar-refractivity contribution >= 4 is 35.1 Å². The summed E-state index contributed by atoms with van der Waals surface area (Å²) in [4.78, 5) is 41.4. The fourth-order valence-corrected chi connectivity index (χ4v) is 1.90. The van der Waals surface area contributed by atoms with Gasteiger partial charge in [-0.1, -0.05) is 11.6 Å². The van der Waals surface area contributed by atoms with Crippen molar-refractivity contribution in [2.45, 2.75) is 0 Å². The van der Waals surface area contributed by atoms with E-state index in [1.807, 2.05) is 0 Å². The zero-order chi connectivity index (χ0) is 14.7. The fraction of sp³-hybridized carbons (Fsp3) is 0.333. The van der Waals surface area contributed by atoms with Gasteiger partial charge in [0, 0.05) is 13.2 Å². The molecule has 0 atom stereocenters. The number of rotatable bonds is 3. The van der Waals surface area contributed by atoms with Crippen molar-refractivity contribution in [3.05, 3.63) is 23.4 Å². The van der Waals surface area contributed by atoms with Gasteiger partial charge >= 0.3 is 0 Å². The van der Waals surface area contributed by atoms with E-state index >= 15 is 0 Å². The minimum atomic E-state index is -0.470. The lowest BCUT2D eigenvalue weighted by Gasteiger charge is -2.27. The van der Waals surface area contributed by atoms with Crippen LogP contribution in [0.25, 0.3) is 0 Å². The molecule has 1 aromatic heterocycles. The maximum atomic E-state index is 12.0. The van der Waals surface area contributed by atoms with E-state index < -0.39 is 11.8 Å². The number of halogens is 1. The first-order valence-electron chi connectivity index (χ1n) is 5.89. The number of pyridine rings is 1. The zero-order valence-electron chi connectivity index (χ0n) is 10.8. The second kappa shape index (κ2) is 5.87. The van der Waals surface area contributed by atoms with Gasteiger partial charge in [-0.05, 0) is 12.1 Å². The van der Waals surface area contributed by atoms with Gasteiger partial charge in [-0.25, -0.2) is 4.98 Å². The van der Waals surface area contributed by atoms with E-state index in [-0.39, 0.29) is 25.5 Å². The van der Waals surface area contributed by atoms with E-state index in [1.165, 1.54) is 11.1 Å². The van der Waals surface area contributed by atoms with Gasteiger partial charge in [0.2, 0.25) is 17.7 Å². The number of piperazine rings is 1. The SMILES string of the molecule is CN(CC(=O)N1CC(=O)NC(=O)C1)c1ccc(Cl)cn1. The number of nitrogens with zero attached hydrogens (tertiary/aromatic N) is 3. The van der Waals surface area contributed by atoms with E-state index in [9.17, 15) is 14.4 Å². The summed E-state index contributed by atoms with van der Waals surface area (Å²) in [6.45, 7) is -0.186. The first kappa shape index (κ1) is 14.3. The van der Waals surface area contributed by atoms with Crippen molar-refractivity contribution in [3.8, 4) is 0 Å². The van der Waals surface area contributed by atoms with Crippen molar-refractivity contribution in [2.75, 3.05) is 31.6 Å². The Morgan fingerprint density at radius 3 is 2.60 bits per heavy atom. The lowest BCUT2D eigenvalue weighted by molar-refractivity contribution is -0.144. The Balaban J connectivity index is 1.98. The van der Waals surface area contributed by atoms with Crippen LogP contribution in [0.2, 0.25) is 5.02 Å². The highest BCUT2D eigenvalue weighted by molar-refractivity contribution is 6.30. The molecule has 0 aromatic carbocycles. The van der Waals surface area contributed by atoms with E-state index in [4.69, 9.17) is 11.6 Å². The van der Waals surface area contributed by atoms with E-state index in [0.717, 1.165) is 0 Å². The maximum absolute atomic E-state index is 12.0. The molecule has 1 saturated heterocycles. The molecule has 1 N–H and O–H groups in total. The number of hydrogen-bond acceptors (Lipinski definition) is 5. The van der Waals surface area contributed by atoms with Crippen LogP contribution in [0, 0.1) is 0 Å². The molecule has 1 fully saturated rings. The average molecular weight is 297 g/mol. The van der Waals surface area contributed by atoms with E-state index in [2.05, 4.69) is 10.3 Å². The molecule has 3 amide bonds. The fourth-order valence-electron chi connectivity index (χ4n) is 1.79. The van der Waals surface area contributed by atoms with Gasteiger partial charge in [0.25, 0.3) is 0 Å². The van der Waals surface area contributed by atoms with Crippen molar-refractivity contribution in [1.29, 1.82) is 0 Å². The molecular formula is C12H13ClN4O3. The summed E-state index contributed by atoms with van der Waals surface area (Å²) in [5.74, 6) is -0.674. The normalized spacial score (nSPS) is 15.0. The van der Waals surface area contributed by atoms with Crippen molar-refractivity contribution in [1.82, 2.24) is 15.2 Å². The average Bonchev–Trinajstić information content (AvgIpc) is 2.38. The number of carbonyl (C=O) groups is 3. The van der Waals surface area contributed by atoms with Gasteiger partial charge in [-0.15, -0.1) is 0 Å². The molecule has 0 unspecified atom stereocenters. The first-order valence-corrected chi connectivity index (χ1v) is 6.26. The summed E-state index contributed by atoms with van der Waals surface area (Å²) in [6, 6.07) is 3.35. The van der Waals surface area contributed by atoms with Crippen LogP contribution in [-0.2, 0) is 14.4 Å². The largest absolute Gasteiger partial charge is 0.350 e. The molecule has 2 heterocycles. The van der Waals surface area contributed by atoms with Crippen LogP contribution < -0.4 is 10.2 Å². The maximum Gasteiger partial charge on any atom is 0.246 e. The Bertz CT molecular complexity index is 530. The predicted octanol–water partition coefficient (Wildman–Crippen LogP) is -0.344. The molecule has 2 rings (SSSR count). The Kier molecular flexibility index (Phi) is 4.19. The summed E-state index contributed by atoms with van der Waals surface area (Å²) >= 11 is 5.74. The highest BCUT2D eigenvalue weighted by Gasteiger charge is 2.26. The van der Waals surface area contributed by atoms with Crippen LogP contribution in [0.1, 0.15) is 0 Å². The van der Waals surface area contributed by atoms with Crippen molar-refractivity contribution < 1.29 is 14.4 Å². The number of carbonyl (C=O) groups excluding carboxylic acids is 3. The van der Waals surface area contributed by atoms with Crippen LogP contribution in [0.3, 0.4) is 0 Å². The Morgan fingerprint density at radius 1 is 1.40 bits per heavy atom. The third-order valence-electron chi connectivity index (χ3n) is 2.78. The van der Waals surface area contributed by atoms with Crippen LogP contribution in [0.4, 0.5) is 5.82 Å². The van der Waals surface area contributed by atoms with E-state index in [0.29, 0.717) is 10.8 Å². The molecule has 7 nitrogen and oxygen atoms in total. The van der Waals surface area contributed by atoms with Gasteiger partial charge in [0.1, 0.15) is 18.9 Å². The molecule has 8 heteroatoms. The Morgan fingerprint density at radius 2 is 2.05 bits per heavy atom. The van der Waals surface area contributed by atoms with Gasteiger partial charge in [-0.3, -0.25) is 19.7 Å². The van der Waals surface area contributed by atoms with Crippen LogP contribution in [0.15, 0.2) is 18.3 Å². The Labute approximate surface area is 120 Å². The number of hydrogen-bond donors (Lipinski definition) is 1. The molecule has 1 aromatic rings. The minimum absolute atomic E-state index is 0.0230. The van der Waals surface area contributed by atoms with Gasteiger partial charge in [0.05, 0.1) is 11.6 Å². The number of anilines is 1. The molecule has 0 spiro atoms. The molecular weight excluding hydrogens is 284 g/mol. The first-order chi connectivity index (χ1) is 9.45. The molecule has 0 radical (unpaired) electrons. The van der Waals surface area contributed by atoms with Crippen LogP contribution in [0.5, 0.6) is 0 Å². The lowest BCUT2D eigenvalue weighted by Crippen LogP contribution is -2.55. The molecule has 20 heavy (non-hydrogen) atoms. The van der Waals surface area contributed by atoms with Crippen molar-refractivity contribution in [2.24, 2.45) is 0 Å². The van der Waals surface area contributed by atoms with Gasteiger partial charge < -0.3 is 9.80 Å². The standard InChI is InChI=1S/C12H13ClN4O3/c1-16(9-3-2-8(13)4-14-9)7-12(20)17-5-10(18)15-11(19)6-17/h2-4H,5-7H2,1H3,(H,15,18,19). The molecule has 0 bridgehead atoms. The lowest BCUT2D eigenvalue weighted by atomic mass is 10.3. The van der Waals surface area contributed by atoms with Crippen molar-refractivity contribution in [3.63, 3.8) is 0 Å². The van der Waals surface area contributed by atoms with Gasteiger partial charge in [-0.2, -0.15) is 0 Å². The number of nitrogens with one attached hydrogen (secondary N) is 1. The van der Waals surface area contributed by atoms with Crippen LogP contribution in [-0.4, -0.2) is 54.3 Å². The third-order valence-corrected chi connectivity index (χ3v) is 3.00. The zero-order valence-corrected chi connectivity index (χ0v) is 11.6. The van der Waals surface area contributed by atoms with Crippen LogP contribution >= 0.6 is 11.6 Å². The predicted molar refractivity (Wildman–Crippen MR) is 72.2 cm³/mol. The molecule has 106 valence electrons. The highest BCUT2D eigenvalue weighted by Crippen LogP contribution is 2.13. The topological polar surface area (TPSA) is 82.6 Å². The summed E-state index contributed by atoms with van der Waals surface area (Å²) < 4.78 is 0. The number of aromatic nitrogens is 1. The smallest absolute Gasteiger partial charge is 0.246 e. The quantitative estimate of drug-likeness (QED) is 0.771. The minimum Gasteiger partial charge on any atom is -0.350 e. The second-order valence-electron chi connectivity index (χ2n) is 4.41. The molecule has 1 aliphatic heterocycles. The second-order valence-corrected chi connectivity index (χ2v) is 4.85. The molecule has 0 saturated carbocycles. The Hall–Kier alpha value is -2.15. The summed E-state index contributed by atoms with van der Waals surface area (Å²) in [6.07, 6.45) is 1.48. The van der Waals surface area contributed by atoms with E-state index in [1.54, 1.807) is 24.1 Å². The highest BCUT2D eigenvalue weighted by atomic mass is 35.5. The molecule has 1 aliphatic rings.